The number of hydrogen-bond donors (Lipinski definition) is 1. The summed E-state index contributed by atoms with van der Waals surface area (Å²) in [6, 6.07) is 13.2. The lowest BCUT2D eigenvalue weighted by Gasteiger charge is -2.36. The molecule has 30 heavy (non-hydrogen) atoms. The van der Waals surface area contributed by atoms with E-state index in [4.69, 9.17) is 9.47 Å². The summed E-state index contributed by atoms with van der Waals surface area (Å²) in [7, 11) is -3.73. The van der Waals surface area contributed by atoms with Gasteiger partial charge in [0.25, 0.3) is 0 Å². The second kappa shape index (κ2) is 8.63. The molecule has 1 N–H and O–H groups in total. The predicted octanol–water partition coefficient (Wildman–Crippen LogP) is 1.43. The molecule has 160 valence electrons. The fourth-order valence-electron chi connectivity index (χ4n) is 3.65. The molecule has 9 heteroatoms. The Balaban J connectivity index is 1.29. The number of sulfonamides is 1. The van der Waals surface area contributed by atoms with E-state index in [1.165, 1.54) is 12.1 Å². The summed E-state index contributed by atoms with van der Waals surface area (Å²) in [5, 5.41) is 0. The molecular weight excluding hydrogens is 406 g/mol. The summed E-state index contributed by atoms with van der Waals surface area (Å²) in [5.74, 6) is 1.32. The Kier molecular flexibility index (Phi) is 5.94. The van der Waals surface area contributed by atoms with Gasteiger partial charge in [0.2, 0.25) is 22.7 Å². The van der Waals surface area contributed by atoms with Crippen LogP contribution in [0.4, 0.5) is 0 Å². The van der Waals surface area contributed by atoms with Crippen LogP contribution in [0.25, 0.3) is 0 Å². The number of hydrogen-bond acceptors (Lipinski definition) is 6. The van der Waals surface area contributed by atoms with Crippen LogP contribution in [0.5, 0.6) is 11.5 Å². The van der Waals surface area contributed by atoms with E-state index in [-0.39, 0.29) is 17.6 Å². The molecule has 2 aliphatic heterocycles. The van der Waals surface area contributed by atoms with Crippen LogP contribution in [0.3, 0.4) is 0 Å². The van der Waals surface area contributed by atoms with Gasteiger partial charge >= 0.3 is 0 Å². The Morgan fingerprint density at radius 1 is 1.03 bits per heavy atom. The van der Waals surface area contributed by atoms with Crippen molar-refractivity contribution in [2.45, 2.75) is 24.4 Å². The number of carbonyl (C=O) groups excluding carboxylic acids is 1. The van der Waals surface area contributed by atoms with Crippen LogP contribution in [0.15, 0.2) is 53.4 Å². The van der Waals surface area contributed by atoms with Crippen LogP contribution in [0.1, 0.15) is 12.5 Å². The van der Waals surface area contributed by atoms with Gasteiger partial charge in [-0.3, -0.25) is 9.69 Å². The van der Waals surface area contributed by atoms with Gasteiger partial charge in [0, 0.05) is 32.7 Å². The lowest BCUT2D eigenvalue weighted by molar-refractivity contribution is -0.134. The second-order valence-corrected chi connectivity index (χ2v) is 9.16. The molecule has 1 atom stereocenters. The van der Waals surface area contributed by atoms with Gasteiger partial charge in [-0.05, 0) is 36.8 Å². The van der Waals surface area contributed by atoms with Crippen molar-refractivity contribution in [2.75, 3.05) is 33.0 Å². The Hall–Kier alpha value is -2.62. The Bertz CT molecular complexity index is 1000. The molecule has 2 aromatic carbocycles. The minimum Gasteiger partial charge on any atom is -0.454 e. The fraction of sp³-hybridized carbons (Fsp3) is 0.381. The number of amides is 1. The highest BCUT2D eigenvalue weighted by Gasteiger charge is 2.28. The summed E-state index contributed by atoms with van der Waals surface area (Å²) in [5.41, 5.74) is 1.13. The van der Waals surface area contributed by atoms with Crippen molar-refractivity contribution < 1.29 is 22.7 Å². The number of nitrogens with one attached hydrogen (secondary N) is 1. The molecule has 0 aromatic heterocycles. The number of fused-ring (bicyclic) bond motifs is 1. The molecule has 8 nitrogen and oxygen atoms in total. The van der Waals surface area contributed by atoms with E-state index < -0.39 is 16.1 Å². The minimum absolute atomic E-state index is 0.151. The van der Waals surface area contributed by atoms with Gasteiger partial charge in [-0.2, -0.15) is 4.72 Å². The van der Waals surface area contributed by atoms with Crippen molar-refractivity contribution in [1.82, 2.24) is 14.5 Å². The average molecular weight is 432 g/mol. The van der Waals surface area contributed by atoms with Gasteiger partial charge in [0.15, 0.2) is 11.5 Å². The molecule has 2 aliphatic rings. The Labute approximate surface area is 176 Å². The molecule has 2 heterocycles. The zero-order valence-corrected chi connectivity index (χ0v) is 17.6. The van der Waals surface area contributed by atoms with Gasteiger partial charge < -0.3 is 14.4 Å². The van der Waals surface area contributed by atoms with Crippen LogP contribution >= 0.6 is 0 Å². The summed E-state index contributed by atoms with van der Waals surface area (Å²) in [6.45, 7) is 5.15. The first-order chi connectivity index (χ1) is 14.4. The number of benzene rings is 2. The molecule has 1 amide bonds. The van der Waals surface area contributed by atoms with Gasteiger partial charge in [0.05, 0.1) is 10.9 Å². The molecular formula is C21H25N3O5S. The summed E-state index contributed by atoms with van der Waals surface area (Å²) in [6.07, 6.45) is 0. The number of ether oxygens (including phenoxy) is 2. The maximum atomic E-state index is 12.8. The van der Waals surface area contributed by atoms with E-state index in [2.05, 4.69) is 9.62 Å². The monoisotopic (exact) mass is 431 g/mol. The smallest absolute Gasteiger partial charge is 0.241 e. The maximum absolute atomic E-state index is 12.8. The topological polar surface area (TPSA) is 88.2 Å². The third kappa shape index (κ3) is 4.58. The first kappa shape index (κ1) is 20.6. The molecule has 0 aliphatic carbocycles. The van der Waals surface area contributed by atoms with Crippen molar-refractivity contribution in [3.63, 3.8) is 0 Å². The molecule has 2 aromatic rings. The number of piperazine rings is 1. The van der Waals surface area contributed by atoms with Crippen molar-refractivity contribution in [1.29, 1.82) is 0 Å². The van der Waals surface area contributed by atoms with E-state index in [9.17, 15) is 13.2 Å². The zero-order chi connectivity index (χ0) is 21.1. The third-order valence-electron chi connectivity index (χ3n) is 5.28. The largest absolute Gasteiger partial charge is 0.454 e. The first-order valence-electron chi connectivity index (χ1n) is 9.89. The molecule has 1 fully saturated rings. The minimum atomic E-state index is -3.73. The lowest BCUT2D eigenvalue weighted by Crippen LogP contribution is -2.53. The highest BCUT2D eigenvalue weighted by molar-refractivity contribution is 7.89. The summed E-state index contributed by atoms with van der Waals surface area (Å²) < 4.78 is 38.2. The van der Waals surface area contributed by atoms with Gasteiger partial charge in [0.1, 0.15) is 0 Å². The Morgan fingerprint density at radius 2 is 1.73 bits per heavy atom. The van der Waals surface area contributed by atoms with Crippen molar-refractivity contribution >= 4 is 15.9 Å². The number of rotatable bonds is 6. The van der Waals surface area contributed by atoms with E-state index in [1.54, 1.807) is 30.0 Å². The Morgan fingerprint density at radius 3 is 2.47 bits per heavy atom. The number of carbonyl (C=O) groups is 1. The maximum Gasteiger partial charge on any atom is 0.241 e. The standard InChI is InChI=1S/C21H25N3O5S/c1-16(22-30(26,27)18-5-3-2-4-6-18)21(25)24-11-9-23(10-12-24)14-17-7-8-19-20(13-17)29-15-28-19/h2-8,13,16,22H,9-12,14-15H2,1H3/t16-/m0/s1. The van der Waals surface area contributed by atoms with Crippen LogP contribution < -0.4 is 14.2 Å². The highest BCUT2D eigenvalue weighted by atomic mass is 32.2. The quantitative estimate of drug-likeness (QED) is 0.745. The lowest BCUT2D eigenvalue weighted by atomic mass is 10.1. The molecule has 0 bridgehead atoms. The van der Waals surface area contributed by atoms with Crippen LogP contribution in [-0.4, -0.2) is 63.1 Å². The van der Waals surface area contributed by atoms with Crippen LogP contribution in [-0.2, 0) is 21.4 Å². The van der Waals surface area contributed by atoms with Crippen LogP contribution in [0.2, 0.25) is 0 Å². The molecule has 0 spiro atoms. The molecule has 0 radical (unpaired) electrons. The molecule has 0 saturated carbocycles. The average Bonchev–Trinajstić information content (AvgIpc) is 3.22. The molecule has 1 saturated heterocycles. The van der Waals surface area contributed by atoms with Gasteiger partial charge in [-0.25, -0.2) is 8.42 Å². The van der Waals surface area contributed by atoms with Crippen molar-refractivity contribution in [3.8, 4) is 11.5 Å². The second-order valence-electron chi connectivity index (χ2n) is 7.45. The SMILES string of the molecule is C[C@H](NS(=O)(=O)c1ccccc1)C(=O)N1CCN(Cc2ccc3c(c2)OCO3)CC1. The predicted molar refractivity (Wildman–Crippen MR) is 111 cm³/mol. The van der Waals surface area contributed by atoms with Crippen molar-refractivity contribution in [2.24, 2.45) is 0 Å². The van der Waals surface area contributed by atoms with Gasteiger partial charge in [-0.1, -0.05) is 24.3 Å². The van der Waals surface area contributed by atoms with E-state index in [0.29, 0.717) is 13.1 Å². The van der Waals surface area contributed by atoms with Gasteiger partial charge in [-0.15, -0.1) is 0 Å². The summed E-state index contributed by atoms with van der Waals surface area (Å²) >= 11 is 0. The van der Waals surface area contributed by atoms with Crippen LogP contribution in [0, 0.1) is 0 Å². The highest BCUT2D eigenvalue weighted by Crippen LogP contribution is 2.32. The normalized spacial score (nSPS) is 17.7. The first-order valence-corrected chi connectivity index (χ1v) is 11.4. The van der Waals surface area contributed by atoms with E-state index in [0.717, 1.165) is 36.7 Å². The van der Waals surface area contributed by atoms with Crippen molar-refractivity contribution in [3.05, 3.63) is 54.1 Å². The third-order valence-corrected chi connectivity index (χ3v) is 6.84. The number of nitrogens with zero attached hydrogens (tertiary/aromatic N) is 2. The van der Waals surface area contributed by atoms with E-state index >= 15 is 0 Å². The van der Waals surface area contributed by atoms with E-state index in [1.807, 2.05) is 18.2 Å². The zero-order valence-electron chi connectivity index (χ0n) is 16.8. The molecule has 4 rings (SSSR count). The molecule has 0 unspecified atom stereocenters. The fourth-order valence-corrected chi connectivity index (χ4v) is 4.87. The summed E-state index contributed by atoms with van der Waals surface area (Å²) in [4.78, 5) is 16.9.